The average molecular weight is 316 g/mol. The minimum absolute atomic E-state index is 0.0418. The van der Waals surface area contributed by atoms with E-state index < -0.39 is 11.2 Å². The van der Waals surface area contributed by atoms with Crippen molar-refractivity contribution in [1.82, 2.24) is 19.8 Å². The van der Waals surface area contributed by atoms with Gasteiger partial charge in [0.1, 0.15) is 0 Å². The number of amides is 2. The van der Waals surface area contributed by atoms with E-state index in [1.165, 1.54) is 9.47 Å². The summed E-state index contributed by atoms with van der Waals surface area (Å²) in [5, 5.41) is 3.05. The van der Waals surface area contributed by atoms with Gasteiger partial charge in [-0.1, -0.05) is 12.1 Å². The highest BCUT2D eigenvalue weighted by Crippen LogP contribution is 2.08. The molecule has 8 nitrogen and oxygen atoms in total. The van der Waals surface area contributed by atoms with E-state index in [1.807, 2.05) is 0 Å². The molecule has 0 radical (unpaired) electrons. The van der Waals surface area contributed by atoms with Crippen molar-refractivity contribution in [2.24, 2.45) is 0 Å². The Morgan fingerprint density at radius 3 is 2.74 bits per heavy atom. The van der Waals surface area contributed by atoms with Crippen LogP contribution in [-0.4, -0.2) is 45.9 Å². The molecule has 0 bridgehead atoms. The SMILES string of the molecule is O=C1CN(C(=O)CCn2c(=O)[nH]c(=O)c3ccccc32)CCN1. The van der Waals surface area contributed by atoms with Crippen molar-refractivity contribution in [2.75, 3.05) is 19.6 Å². The number of aryl methyl sites for hydroxylation is 1. The van der Waals surface area contributed by atoms with Gasteiger partial charge in [0.05, 0.1) is 17.4 Å². The predicted molar refractivity (Wildman–Crippen MR) is 83.0 cm³/mol. The number of aromatic nitrogens is 2. The van der Waals surface area contributed by atoms with Crippen LogP contribution in [0.25, 0.3) is 10.9 Å². The Hall–Kier alpha value is -2.90. The number of carbonyl (C=O) groups excluding carboxylic acids is 2. The van der Waals surface area contributed by atoms with Gasteiger partial charge in [-0.05, 0) is 12.1 Å². The number of hydrogen-bond donors (Lipinski definition) is 2. The normalized spacial score (nSPS) is 14.8. The molecule has 0 spiro atoms. The molecule has 8 heteroatoms. The van der Waals surface area contributed by atoms with Gasteiger partial charge in [-0.2, -0.15) is 0 Å². The van der Waals surface area contributed by atoms with Crippen LogP contribution in [0.15, 0.2) is 33.9 Å². The molecule has 2 amide bonds. The molecule has 0 unspecified atom stereocenters. The summed E-state index contributed by atoms with van der Waals surface area (Å²) in [6, 6.07) is 6.74. The number of piperazine rings is 1. The van der Waals surface area contributed by atoms with Crippen LogP contribution in [0.2, 0.25) is 0 Å². The van der Waals surface area contributed by atoms with Crippen LogP contribution in [-0.2, 0) is 16.1 Å². The van der Waals surface area contributed by atoms with Crippen molar-refractivity contribution in [2.45, 2.75) is 13.0 Å². The highest BCUT2D eigenvalue weighted by Gasteiger charge is 2.21. The zero-order valence-corrected chi connectivity index (χ0v) is 12.4. The van der Waals surface area contributed by atoms with Gasteiger partial charge < -0.3 is 10.2 Å². The zero-order valence-electron chi connectivity index (χ0n) is 12.4. The molecule has 2 aromatic rings. The summed E-state index contributed by atoms with van der Waals surface area (Å²) in [7, 11) is 0. The molecule has 120 valence electrons. The molecule has 0 aliphatic carbocycles. The first-order chi connectivity index (χ1) is 11.1. The standard InChI is InChI=1S/C15H16N4O4/c20-12-9-18(8-6-16-12)13(21)5-7-19-11-4-2-1-3-10(11)14(22)17-15(19)23/h1-4H,5-9H2,(H,16,20)(H,17,22,23). The maximum atomic E-state index is 12.2. The van der Waals surface area contributed by atoms with Gasteiger partial charge in [0.25, 0.3) is 5.56 Å². The molecule has 2 heterocycles. The Morgan fingerprint density at radius 2 is 1.96 bits per heavy atom. The topological polar surface area (TPSA) is 104 Å². The second-order valence-corrected chi connectivity index (χ2v) is 5.34. The van der Waals surface area contributed by atoms with Gasteiger partial charge in [0, 0.05) is 26.1 Å². The Kier molecular flexibility index (Phi) is 3.96. The molecule has 2 N–H and O–H groups in total. The van der Waals surface area contributed by atoms with E-state index in [-0.39, 0.29) is 31.3 Å². The van der Waals surface area contributed by atoms with E-state index in [9.17, 15) is 19.2 Å². The Morgan fingerprint density at radius 1 is 1.17 bits per heavy atom. The second kappa shape index (κ2) is 6.07. The number of rotatable bonds is 3. The lowest BCUT2D eigenvalue weighted by Gasteiger charge is -2.26. The molecule has 1 saturated heterocycles. The monoisotopic (exact) mass is 316 g/mol. The van der Waals surface area contributed by atoms with Gasteiger partial charge in [0.15, 0.2) is 0 Å². The number of para-hydroxylation sites is 1. The number of nitrogens with zero attached hydrogens (tertiary/aromatic N) is 2. The van der Waals surface area contributed by atoms with E-state index in [0.29, 0.717) is 24.0 Å². The molecule has 1 aromatic carbocycles. The largest absolute Gasteiger partial charge is 0.353 e. The van der Waals surface area contributed by atoms with Crippen molar-refractivity contribution >= 4 is 22.7 Å². The van der Waals surface area contributed by atoms with Gasteiger partial charge in [-0.25, -0.2) is 4.79 Å². The molecule has 1 aliphatic heterocycles. The first-order valence-electron chi connectivity index (χ1n) is 7.32. The number of fused-ring (bicyclic) bond motifs is 1. The smallest absolute Gasteiger partial charge is 0.328 e. The van der Waals surface area contributed by atoms with E-state index in [0.717, 1.165) is 0 Å². The minimum Gasteiger partial charge on any atom is -0.353 e. The van der Waals surface area contributed by atoms with Gasteiger partial charge in [-0.3, -0.25) is 23.9 Å². The maximum absolute atomic E-state index is 12.2. The molecule has 0 saturated carbocycles. The number of aromatic amines is 1. The number of benzene rings is 1. The molecule has 1 fully saturated rings. The summed E-state index contributed by atoms with van der Waals surface area (Å²) in [6.45, 7) is 1.09. The molecule has 1 aliphatic rings. The van der Waals surface area contributed by atoms with Crippen molar-refractivity contribution in [3.63, 3.8) is 0 Å². The van der Waals surface area contributed by atoms with Crippen LogP contribution < -0.4 is 16.6 Å². The summed E-state index contributed by atoms with van der Waals surface area (Å²) in [6.07, 6.45) is 0.0865. The lowest BCUT2D eigenvalue weighted by molar-refractivity contribution is -0.138. The van der Waals surface area contributed by atoms with Crippen LogP contribution >= 0.6 is 0 Å². The molecule has 1 aromatic heterocycles. The van der Waals surface area contributed by atoms with Crippen LogP contribution in [0.1, 0.15) is 6.42 Å². The summed E-state index contributed by atoms with van der Waals surface area (Å²) in [5.41, 5.74) is -0.496. The van der Waals surface area contributed by atoms with E-state index in [1.54, 1.807) is 24.3 Å². The number of hydrogen-bond acceptors (Lipinski definition) is 4. The fourth-order valence-corrected chi connectivity index (χ4v) is 2.68. The quantitative estimate of drug-likeness (QED) is 0.761. The highest BCUT2D eigenvalue weighted by atomic mass is 16.2. The van der Waals surface area contributed by atoms with Crippen LogP contribution in [0, 0.1) is 0 Å². The van der Waals surface area contributed by atoms with Crippen LogP contribution in [0.3, 0.4) is 0 Å². The summed E-state index contributed by atoms with van der Waals surface area (Å²) in [5.74, 6) is -0.377. The zero-order chi connectivity index (χ0) is 16.4. The van der Waals surface area contributed by atoms with Crippen molar-refractivity contribution in [1.29, 1.82) is 0 Å². The fourth-order valence-electron chi connectivity index (χ4n) is 2.68. The second-order valence-electron chi connectivity index (χ2n) is 5.34. The van der Waals surface area contributed by atoms with Gasteiger partial charge in [-0.15, -0.1) is 0 Å². The Bertz CT molecular complexity index is 883. The van der Waals surface area contributed by atoms with Crippen molar-refractivity contribution in [3.8, 4) is 0 Å². The Balaban J connectivity index is 1.82. The average Bonchev–Trinajstić information content (AvgIpc) is 2.54. The Labute approximate surface area is 130 Å². The number of H-pyrrole nitrogens is 1. The van der Waals surface area contributed by atoms with Crippen molar-refractivity contribution < 1.29 is 9.59 Å². The predicted octanol–water partition coefficient (Wildman–Crippen LogP) is -0.962. The summed E-state index contributed by atoms with van der Waals surface area (Å²) >= 11 is 0. The highest BCUT2D eigenvalue weighted by molar-refractivity contribution is 5.86. The first kappa shape index (κ1) is 15.0. The summed E-state index contributed by atoms with van der Waals surface area (Å²) < 4.78 is 1.37. The molecule has 3 rings (SSSR count). The van der Waals surface area contributed by atoms with Gasteiger partial charge >= 0.3 is 5.69 Å². The molecule has 23 heavy (non-hydrogen) atoms. The lowest BCUT2D eigenvalue weighted by atomic mass is 10.2. The number of nitrogens with one attached hydrogen (secondary N) is 2. The van der Waals surface area contributed by atoms with Crippen molar-refractivity contribution in [3.05, 3.63) is 45.1 Å². The third kappa shape index (κ3) is 3.01. The first-order valence-corrected chi connectivity index (χ1v) is 7.32. The summed E-state index contributed by atoms with van der Waals surface area (Å²) in [4.78, 5) is 51.0. The van der Waals surface area contributed by atoms with Gasteiger partial charge in [0.2, 0.25) is 11.8 Å². The maximum Gasteiger partial charge on any atom is 0.328 e. The third-order valence-corrected chi connectivity index (χ3v) is 3.85. The number of carbonyl (C=O) groups is 2. The third-order valence-electron chi connectivity index (χ3n) is 3.85. The fraction of sp³-hybridized carbons (Fsp3) is 0.333. The van der Waals surface area contributed by atoms with E-state index in [4.69, 9.17) is 0 Å². The molecular weight excluding hydrogens is 300 g/mol. The van der Waals surface area contributed by atoms with Crippen LogP contribution in [0.5, 0.6) is 0 Å². The lowest BCUT2D eigenvalue weighted by Crippen LogP contribution is -2.50. The molecular formula is C15H16N4O4. The van der Waals surface area contributed by atoms with E-state index in [2.05, 4.69) is 10.3 Å². The van der Waals surface area contributed by atoms with Crippen LogP contribution in [0.4, 0.5) is 0 Å². The van der Waals surface area contributed by atoms with E-state index >= 15 is 0 Å². The minimum atomic E-state index is -0.544. The molecule has 0 atom stereocenters.